The van der Waals surface area contributed by atoms with Gasteiger partial charge in [0.1, 0.15) is 23.6 Å². The van der Waals surface area contributed by atoms with E-state index in [1.807, 2.05) is 18.2 Å². The van der Waals surface area contributed by atoms with E-state index >= 15 is 0 Å². The number of carbonyl (C=O) groups is 1. The van der Waals surface area contributed by atoms with Gasteiger partial charge in [0.15, 0.2) is 0 Å². The Kier molecular flexibility index (Phi) is 7.68. The Bertz CT molecular complexity index is 1430. The zero-order valence-corrected chi connectivity index (χ0v) is 23.4. The van der Waals surface area contributed by atoms with Crippen LogP contribution in [0.2, 0.25) is 5.02 Å². The second kappa shape index (κ2) is 10.8. The summed E-state index contributed by atoms with van der Waals surface area (Å²) in [5.41, 5.74) is 0. The molecule has 37 heavy (non-hydrogen) atoms. The summed E-state index contributed by atoms with van der Waals surface area (Å²) in [5.74, 6) is 0.682. The smallest absolute Gasteiger partial charge is 0.324 e. The van der Waals surface area contributed by atoms with Crippen molar-refractivity contribution in [2.45, 2.75) is 55.2 Å². The lowest BCUT2D eigenvalue weighted by molar-refractivity contribution is -0.144. The summed E-state index contributed by atoms with van der Waals surface area (Å²) in [6.07, 6.45) is 4.37. The first-order valence-corrected chi connectivity index (χ1v) is 14.8. The van der Waals surface area contributed by atoms with Gasteiger partial charge in [-0.15, -0.1) is 0 Å². The zero-order chi connectivity index (χ0) is 26.2. The number of esters is 1. The van der Waals surface area contributed by atoms with Crippen molar-refractivity contribution in [1.29, 1.82) is 0 Å². The Balaban J connectivity index is 1.39. The lowest BCUT2D eigenvalue weighted by atomic mass is 10.1. The summed E-state index contributed by atoms with van der Waals surface area (Å²) in [5, 5.41) is 2.19. The molecule has 0 N–H and O–H groups in total. The highest BCUT2D eigenvalue weighted by molar-refractivity contribution is 9.10. The Morgan fingerprint density at radius 2 is 1.59 bits per heavy atom. The lowest BCUT2D eigenvalue weighted by Crippen LogP contribution is -2.41. The minimum absolute atomic E-state index is 0.00848. The van der Waals surface area contributed by atoms with E-state index in [2.05, 4.69) is 15.9 Å². The van der Waals surface area contributed by atoms with Crippen LogP contribution in [0.4, 0.5) is 0 Å². The molecule has 0 amide bonds. The van der Waals surface area contributed by atoms with E-state index in [1.54, 1.807) is 36.4 Å². The number of fused-ring (bicyclic) bond motifs is 1. The van der Waals surface area contributed by atoms with Gasteiger partial charge >= 0.3 is 5.97 Å². The SMILES string of the molecule is COC(=O)[C@@H]1C[C@@H](Oc2ccc(Cl)c(Br)c2)CN1S(=O)(=O)c1ccc2cc(OC3CCCC3)ccc2c1. The highest BCUT2D eigenvalue weighted by Gasteiger charge is 2.45. The largest absolute Gasteiger partial charge is 0.490 e. The van der Waals surface area contributed by atoms with E-state index in [4.69, 9.17) is 25.8 Å². The molecule has 7 nitrogen and oxygen atoms in total. The summed E-state index contributed by atoms with van der Waals surface area (Å²) in [4.78, 5) is 12.7. The quantitative estimate of drug-likeness (QED) is 0.308. The molecule has 0 bridgehead atoms. The van der Waals surface area contributed by atoms with Gasteiger partial charge in [-0.2, -0.15) is 4.31 Å². The standard InChI is InChI=1S/C27H27BrClNO6S/c1-34-27(31)26-15-22(36-21-9-11-25(29)24(28)14-21)16-30(26)37(32,33)23-10-7-17-12-20(8-6-18(17)13-23)35-19-4-2-3-5-19/h6-14,19,22,26H,2-5,15-16H2,1H3/t22-,26+/m1/s1. The van der Waals surface area contributed by atoms with Crippen LogP contribution >= 0.6 is 27.5 Å². The molecule has 0 aromatic heterocycles. The average molecular weight is 609 g/mol. The molecule has 0 unspecified atom stereocenters. The van der Waals surface area contributed by atoms with Crippen LogP contribution in [-0.2, 0) is 19.6 Å². The number of hydrogen-bond acceptors (Lipinski definition) is 6. The fourth-order valence-electron chi connectivity index (χ4n) is 4.98. The molecule has 2 fully saturated rings. The highest BCUT2D eigenvalue weighted by atomic mass is 79.9. The average Bonchev–Trinajstić information content (AvgIpc) is 3.56. The van der Waals surface area contributed by atoms with Crippen molar-refractivity contribution in [3.8, 4) is 11.5 Å². The summed E-state index contributed by atoms with van der Waals surface area (Å²) in [6.45, 7) is 0.00848. The van der Waals surface area contributed by atoms with Gasteiger partial charge in [-0.3, -0.25) is 4.79 Å². The first-order chi connectivity index (χ1) is 17.7. The Hall–Kier alpha value is -2.33. The van der Waals surface area contributed by atoms with Crippen LogP contribution in [0.1, 0.15) is 32.1 Å². The number of halogens is 2. The molecule has 1 heterocycles. The van der Waals surface area contributed by atoms with Crippen LogP contribution in [0.5, 0.6) is 11.5 Å². The third-order valence-electron chi connectivity index (χ3n) is 6.88. The van der Waals surface area contributed by atoms with Gasteiger partial charge in [-0.05, 0) is 94.9 Å². The summed E-state index contributed by atoms with van der Waals surface area (Å²) in [7, 11) is -2.76. The minimum Gasteiger partial charge on any atom is -0.490 e. The highest BCUT2D eigenvalue weighted by Crippen LogP contribution is 2.34. The van der Waals surface area contributed by atoms with Gasteiger partial charge in [-0.25, -0.2) is 8.42 Å². The zero-order valence-electron chi connectivity index (χ0n) is 20.2. The van der Waals surface area contributed by atoms with E-state index in [9.17, 15) is 13.2 Å². The van der Waals surface area contributed by atoms with Gasteiger partial charge in [0.25, 0.3) is 0 Å². The second-order valence-corrected chi connectivity index (χ2v) is 12.5. The van der Waals surface area contributed by atoms with Crippen molar-refractivity contribution in [1.82, 2.24) is 4.31 Å². The van der Waals surface area contributed by atoms with E-state index < -0.39 is 28.1 Å². The van der Waals surface area contributed by atoms with Crippen molar-refractivity contribution in [2.24, 2.45) is 0 Å². The molecule has 1 aliphatic heterocycles. The van der Waals surface area contributed by atoms with Gasteiger partial charge in [0.2, 0.25) is 10.0 Å². The van der Waals surface area contributed by atoms with Gasteiger partial charge in [0, 0.05) is 10.9 Å². The Morgan fingerprint density at radius 1 is 0.946 bits per heavy atom. The van der Waals surface area contributed by atoms with Crippen molar-refractivity contribution in [3.05, 3.63) is 64.1 Å². The third kappa shape index (κ3) is 5.60. The molecule has 3 aromatic carbocycles. The molecule has 196 valence electrons. The molecule has 0 spiro atoms. The summed E-state index contributed by atoms with van der Waals surface area (Å²) in [6, 6.07) is 14.7. The molecular formula is C27H27BrClNO6S. The Labute approximate surface area is 229 Å². The predicted octanol–water partition coefficient (Wildman–Crippen LogP) is 5.96. The van der Waals surface area contributed by atoms with Crippen LogP contribution < -0.4 is 9.47 Å². The fraction of sp³-hybridized carbons (Fsp3) is 0.370. The number of ether oxygens (including phenoxy) is 3. The molecule has 1 saturated carbocycles. The van der Waals surface area contributed by atoms with Crippen molar-refractivity contribution >= 4 is 54.3 Å². The number of nitrogens with zero attached hydrogens (tertiary/aromatic N) is 1. The van der Waals surface area contributed by atoms with E-state index in [-0.39, 0.29) is 24.0 Å². The minimum atomic E-state index is -4.01. The number of benzene rings is 3. The number of methoxy groups -OCH3 is 1. The molecule has 5 rings (SSSR count). The number of sulfonamides is 1. The maximum absolute atomic E-state index is 13.7. The van der Waals surface area contributed by atoms with Crippen molar-refractivity contribution in [2.75, 3.05) is 13.7 Å². The predicted molar refractivity (Wildman–Crippen MR) is 145 cm³/mol. The topological polar surface area (TPSA) is 82.1 Å². The molecule has 1 saturated heterocycles. The number of rotatable bonds is 7. The van der Waals surface area contributed by atoms with Gasteiger partial charge in [0.05, 0.1) is 29.7 Å². The van der Waals surface area contributed by atoms with Crippen LogP contribution in [0.3, 0.4) is 0 Å². The molecule has 2 atom stereocenters. The third-order valence-corrected chi connectivity index (χ3v) is 9.96. The van der Waals surface area contributed by atoms with Crippen LogP contribution in [0.15, 0.2) is 64.0 Å². The fourth-order valence-corrected chi connectivity index (χ4v) is 7.11. The van der Waals surface area contributed by atoms with Gasteiger partial charge in [-0.1, -0.05) is 23.7 Å². The normalized spacial score (nSPS) is 20.8. The summed E-state index contributed by atoms with van der Waals surface area (Å²) >= 11 is 9.42. The van der Waals surface area contributed by atoms with E-state index in [1.165, 1.54) is 24.3 Å². The van der Waals surface area contributed by atoms with Crippen LogP contribution in [-0.4, -0.2) is 50.6 Å². The lowest BCUT2D eigenvalue weighted by Gasteiger charge is -2.22. The molecule has 10 heteroatoms. The first-order valence-electron chi connectivity index (χ1n) is 12.2. The van der Waals surface area contributed by atoms with Crippen molar-refractivity contribution in [3.63, 3.8) is 0 Å². The summed E-state index contributed by atoms with van der Waals surface area (Å²) < 4.78 is 46.3. The monoisotopic (exact) mass is 607 g/mol. The van der Waals surface area contributed by atoms with Crippen LogP contribution in [0.25, 0.3) is 10.8 Å². The van der Waals surface area contributed by atoms with E-state index in [0.29, 0.717) is 15.2 Å². The maximum Gasteiger partial charge on any atom is 0.324 e. The second-order valence-electron chi connectivity index (χ2n) is 9.36. The molecule has 1 aliphatic carbocycles. The Morgan fingerprint density at radius 3 is 2.32 bits per heavy atom. The first kappa shape index (κ1) is 26.3. The van der Waals surface area contributed by atoms with Crippen LogP contribution in [0, 0.1) is 0 Å². The number of carbonyl (C=O) groups excluding carboxylic acids is 1. The van der Waals surface area contributed by atoms with Crippen molar-refractivity contribution < 1.29 is 27.4 Å². The molecule has 3 aromatic rings. The maximum atomic E-state index is 13.7. The number of hydrogen-bond donors (Lipinski definition) is 0. The van der Waals surface area contributed by atoms with E-state index in [0.717, 1.165) is 29.4 Å². The molecular weight excluding hydrogens is 582 g/mol. The van der Waals surface area contributed by atoms with Gasteiger partial charge < -0.3 is 14.2 Å². The molecule has 0 radical (unpaired) electrons. The molecule has 2 aliphatic rings.